The fraction of sp³-hybridized carbons (Fsp3) is 0.375. The number of aromatic nitrogens is 1. The molecule has 0 bridgehead atoms. The Hall–Kier alpha value is -1.14. The predicted octanol–water partition coefficient (Wildman–Crippen LogP) is -0.180. The van der Waals surface area contributed by atoms with Crippen LogP contribution < -0.4 is 5.73 Å². The number of aliphatic hydroxyl groups is 1. The van der Waals surface area contributed by atoms with Crippen LogP contribution >= 0.6 is 0 Å². The van der Waals surface area contributed by atoms with E-state index in [1.165, 1.54) is 18.5 Å². The molecule has 0 unspecified atom stereocenters. The van der Waals surface area contributed by atoms with Crippen LogP contribution in [0.25, 0.3) is 0 Å². The highest BCUT2D eigenvalue weighted by Crippen LogP contribution is 2.17. The van der Waals surface area contributed by atoms with Gasteiger partial charge in [-0.25, -0.2) is 8.42 Å². The van der Waals surface area contributed by atoms with Gasteiger partial charge in [0.15, 0.2) is 9.84 Å². The summed E-state index contributed by atoms with van der Waals surface area (Å²) in [5, 5.41) is 8.54. The van der Waals surface area contributed by atoms with Crippen LogP contribution in [0.1, 0.15) is 6.42 Å². The molecule has 1 rings (SSSR count). The predicted molar refractivity (Wildman–Crippen MR) is 52.4 cm³/mol. The topological polar surface area (TPSA) is 93.3 Å². The summed E-state index contributed by atoms with van der Waals surface area (Å²) in [6.45, 7) is -0.149. The largest absolute Gasteiger partial charge is 0.396 e. The summed E-state index contributed by atoms with van der Waals surface area (Å²) in [5.74, 6) is -0.0995. The Morgan fingerprint density at radius 1 is 1.50 bits per heavy atom. The summed E-state index contributed by atoms with van der Waals surface area (Å²) in [6.07, 6.45) is 2.89. The zero-order valence-electron chi connectivity index (χ0n) is 7.55. The molecule has 0 spiro atoms. The SMILES string of the molecule is Nc1cnccc1S(=O)(=O)CCCO. The molecule has 14 heavy (non-hydrogen) atoms. The van der Waals surface area contributed by atoms with Crippen molar-refractivity contribution in [3.8, 4) is 0 Å². The molecule has 0 aliphatic carbocycles. The third kappa shape index (κ3) is 2.43. The molecule has 0 saturated carbocycles. The number of hydrogen-bond donors (Lipinski definition) is 2. The molecule has 5 nitrogen and oxygen atoms in total. The lowest BCUT2D eigenvalue weighted by atomic mass is 10.4. The summed E-state index contributed by atoms with van der Waals surface area (Å²) in [5.41, 5.74) is 5.62. The molecule has 0 aliphatic heterocycles. The minimum Gasteiger partial charge on any atom is -0.396 e. The highest BCUT2D eigenvalue weighted by atomic mass is 32.2. The van der Waals surface area contributed by atoms with Crippen LogP contribution in [0.5, 0.6) is 0 Å². The van der Waals surface area contributed by atoms with Gasteiger partial charge in [-0.1, -0.05) is 0 Å². The van der Waals surface area contributed by atoms with Crippen molar-refractivity contribution < 1.29 is 13.5 Å². The number of hydrogen-bond acceptors (Lipinski definition) is 5. The molecule has 0 radical (unpaired) electrons. The lowest BCUT2D eigenvalue weighted by molar-refractivity contribution is 0.295. The van der Waals surface area contributed by atoms with Gasteiger partial charge in [-0.3, -0.25) is 4.98 Å². The molecular weight excluding hydrogens is 204 g/mol. The van der Waals surface area contributed by atoms with Crippen molar-refractivity contribution in [2.75, 3.05) is 18.1 Å². The van der Waals surface area contributed by atoms with Gasteiger partial charge in [-0.05, 0) is 12.5 Å². The van der Waals surface area contributed by atoms with Gasteiger partial charge in [0.2, 0.25) is 0 Å². The Kier molecular flexibility index (Phi) is 3.43. The highest BCUT2D eigenvalue weighted by Gasteiger charge is 2.16. The van der Waals surface area contributed by atoms with Crippen LogP contribution in [0.2, 0.25) is 0 Å². The lowest BCUT2D eigenvalue weighted by Gasteiger charge is -2.05. The number of nitrogens with two attached hydrogens (primary N) is 1. The number of nitrogen functional groups attached to an aromatic ring is 1. The maximum Gasteiger partial charge on any atom is 0.180 e. The standard InChI is InChI=1S/C8H12N2O3S/c9-7-6-10-3-2-8(7)14(12,13)5-1-4-11/h2-3,6,11H,1,4-5,9H2. The fourth-order valence-corrected chi connectivity index (χ4v) is 2.45. The first-order valence-corrected chi connectivity index (χ1v) is 5.76. The molecule has 6 heteroatoms. The van der Waals surface area contributed by atoms with E-state index in [-0.39, 0.29) is 29.4 Å². The van der Waals surface area contributed by atoms with Crippen LogP contribution in [0, 0.1) is 0 Å². The lowest BCUT2D eigenvalue weighted by Crippen LogP contribution is -2.10. The number of anilines is 1. The van der Waals surface area contributed by atoms with E-state index < -0.39 is 9.84 Å². The van der Waals surface area contributed by atoms with Crippen LogP contribution in [-0.2, 0) is 9.84 Å². The Labute approximate surface area is 82.5 Å². The summed E-state index contributed by atoms with van der Waals surface area (Å²) in [7, 11) is -3.38. The van der Waals surface area contributed by atoms with E-state index in [4.69, 9.17) is 10.8 Å². The van der Waals surface area contributed by atoms with Crippen molar-refractivity contribution in [2.24, 2.45) is 0 Å². The second-order valence-corrected chi connectivity index (χ2v) is 4.89. The zero-order valence-corrected chi connectivity index (χ0v) is 8.37. The molecule has 1 aromatic heterocycles. The molecule has 1 aromatic rings. The fourth-order valence-electron chi connectivity index (χ4n) is 1.04. The molecule has 0 aliphatic rings. The van der Waals surface area contributed by atoms with E-state index in [1.807, 2.05) is 0 Å². The highest BCUT2D eigenvalue weighted by molar-refractivity contribution is 7.91. The van der Waals surface area contributed by atoms with Crippen LogP contribution in [0.3, 0.4) is 0 Å². The molecule has 0 aromatic carbocycles. The zero-order chi connectivity index (χ0) is 10.6. The van der Waals surface area contributed by atoms with Gasteiger partial charge < -0.3 is 10.8 Å². The Morgan fingerprint density at radius 2 is 2.21 bits per heavy atom. The van der Waals surface area contributed by atoms with Crippen molar-refractivity contribution in [3.63, 3.8) is 0 Å². The van der Waals surface area contributed by atoms with E-state index >= 15 is 0 Å². The molecule has 0 amide bonds. The third-order valence-corrected chi connectivity index (χ3v) is 3.58. The Morgan fingerprint density at radius 3 is 2.79 bits per heavy atom. The van der Waals surface area contributed by atoms with Crippen LogP contribution in [0.4, 0.5) is 5.69 Å². The third-order valence-electron chi connectivity index (χ3n) is 1.72. The minimum absolute atomic E-state index is 0.0842. The number of sulfone groups is 1. The normalized spacial score (nSPS) is 11.5. The smallest absolute Gasteiger partial charge is 0.180 e. The minimum atomic E-state index is -3.38. The molecular formula is C8H12N2O3S. The first kappa shape index (κ1) is 10.9. The molecule has 1 heterocycles. The van der Waals surface area contributed by atoms with E-state index in [1.54, 1.807) is 0 Å². The van der Waals surface area contributed by atoms with Crippen molar-refractivity contribution in [1.82, 2.24) is 4.98 Å². The van der Waals surface area contributed by atoms with Gasteiger partial charge in [0, 0.05) is 12.8 Å². The molecule has 0 saturated heterocycles. The monoisotopic (exact) mass is 216 g/mol. The summed E-state index contributed by atoms with van der Waals surface area (Å²) < 4.78 is 23.2. The van der Waals surface area contributed by atoms with Gasteiger partial charge in [0.05, 0.1) is 22.5 Å². The van der Waals surface area contributed by atoms with Gasteiger partial charge >= 0.3 is 0 Å². The van der Waals surface area contributed by atoms with Crippen molar-refractivity contribution in [2.45, 2.75) is 11.3 Å². The summed E-state index contributed by atoms with van der Waals surface area (Å²) in [4.78, 5) is 3.78. The maximum atomic E-state index is 11.6. The van der Waals surface area contributed by atoms with Gasteiger partial charge in [-0.15, -0.1) is 0 Å². The second-order valence-electron chi connectivity index (χ2n) is 2.81. The number of aliphatic hydroxyl groups excluding tert-OH is 1. The van der Waals surface area contributed by atoms with Gasteiger partial charge in [-0.2, -0.15) is 0 Å². The van der Waals surface area contributed by atoms with Crippen molar-refractivity contribution >= 4 is 15.5 Å². The second kappa shape index (κ2) is 4.39. The number of rotatable bonds is 4. The maximum absolute atomic E-state index is 11.6. The van der Waals surface area contributed by atoms with Crippen LogP contribution in [0.15, 0.2) is 23.4 Å². The van der Waals surface area contributed by atoms with Crippen molar-refractivity contribution in [3.05, 3.63) is 18.5 Å². The Bertz CT molecular complexity index is 403. The summed E-state index contributed by atoms with van der Waals surface area (Å²) in [6, 6.07) is 1.36. The number of nitrogens with zero attached hydrogens (tertiary/aromatic N) is 1. The van der Waals surface area contributed by atoms with Crippen LogP contribution in [-0.4, -0.2) is 30.9 Å². The first-order chi connectivity index (χ1) is 6.58. The van der Waals surface area contributed by atoms with E-state index in [9.17, 15) is 8.42 Å². The Balaban J connectivity index is 2.99. The van der Waals surface area contributed by atoms with E-state index in [0.717, 1.165) is 0 Å². The van der Waals surface area contributed by atoms with E-state index in [0.29, 0.717) is 0 Å². The first-order valence-electron chi connectivity index (χ1n) is 4.11. The average Bonchev–Trinajstić information content (AvgIpc) is 2.15. The number of pyridine rings is 1. The molecule has 78 valence electrons. The van der Waals surface area contributed by atoms with Crippen molar-refractivity contribution in [1.29, 1.82) is 0 Å². The van der Waals surface area contributed by atoms with Gasteiger partial charge in [0.25, 0.3) is 0 Å². The van der Waals surface area contributed by atoms with Gasteiger partial charge in [0.1, 0.15) is 0 Å². The molecule has 0 atom stereocenters. The summed E-state index contributed by atoms with van der Waals surface area (Å²) >= 11 is 0. The molecule has 3 N–H and O–H groups in total. The van der Waals surface area contributed by atoms with E-state index in [2.05, 4.69) is 4.98 Å². The molecule has 0 fully saturated rings. The quantitative estimate of drug-likeness (QED) is 0.728. The average molecular weight is 216 g/mol.